The number of primary amides is 1. The number of urea groups is 1. The monoisotopic (exact) mass is 361 g/mol. The maximum Gasteiger partial charge on any atom is 0.321 e. The van der Waals surface area contributed by atoms with Crippen molar-refractivity contribution >= 4 is 17.6 Å². The fraction of sp³-hybridized carbons (Fsp3) is 0.579. The van der Waals surface area contributed by atoms with Crippen molar-refractivity contribution in [3.05, 3.63) is 18.2 Å². The number of benzene rings is 1. The van der Waals surface area contributed by atoms with Gasteiger partial charge in [0.15, 0.2) is 0 Å². The molecule has 3 N–H and O–H groups in total. The van der Waals surface area contributed by atoms with Crippen molar-refractivity contribution in [1.29, 1.82) is 0 Å². The third kappa shape index (κ3) is 3.86. The van der Waals surface area contributed by atoms with Crippen molar-refractivity contribution in [2.45, 2.75) is 32.1 Å². The fourth-order valence-corrected chi connectivity index (χ4v) is 3.75. The third-order valence-corrected chi connectivity index (χ3v) is 5.41. The Kier molecular flexibility index (Phi) is 5.25. The number of hydrogen-bond donors (Lipinski definition) is 2. The van der Waals surface area contributed by atoms with E-state index in [4.69, 9.17) is 15.2 Å². The van der Waals surface area contributed by atoms with Crippen LogP contribution in [-0.4, -0.2) is 44.1 Å². The number of nitrogens with zero attached hydrogens (tertiary/aromatic N) is 1. The summed E-state index contributed by atoms with van der Waals surface area (Å²) in [6.07, 6.45) is 4.63. The molecular formula is C19H27N3O4. The average molecular weight is 361 g/mol. The van der Waals surface area contributed by atoms with E-state index in [1.54, 1.807) is 37.3 Å². The Morgan fingerprint density at radius 3 is 2.69 bits per heavy atom. The van der Waals surface area contributed by atoms with E-state index in [-0.39, 0.29) is 11.9 Å². The van der Waals surface area contributed by atoms with E-state index in [2.05, 4.69) is 5.32 Å². The lowest BCUT2D eigenvalue weighted by Crippen LogP contribution is -2.53. The highest BCUT2D eigenvalue weighted by atomic mass is 16.5. The molecule has 0 radical (unpaired) electrons. The largest absolute Gasteiger partial charge is 0.497 e. The highest BCUT2D eigenvalue weighted by Crippen LogP contribution is 2.44. The lowest BCUT2D eigenvalue weighted by atomic mass is 9.75. The van der Waals surface area contributed by atoms with Gasteiger partial charge in [-0.1, -0.05) is 12.8 Å². The van der Waals surface area contributed by atoms with Crippen LogP contribution in [0.25, 0.3) is 0 Å². The summed E-state index contributed by atoms with van der Waals surface area (Å²) in [7, 11) is 3.11. The summed E-state index contributed by atoms with van der Waals surface area (Å²) in [6, 6.07) is 4.97. The molecular weight excluding hydrogens is 334 g/mol. The number of amides is 3. The lowest BCUT2D eigenvalue weighted by molar-refractivity contribution is -0.131. The molecule has 1 atom stereocenters. The summed E-state index contributed by atoms with van der Waals surface area (Å²) in [6.45, 7) is 0.981. The van der Waals surface area contributed by atoms with Crippen LogP contribution in [0.2, 0.25) is 0 Å². The normalized spacial score (nSPS) is 22.6. The maximum absolute atomic E-state index is 12.8. The molecule has 3 amide bonds. The summed E-state index contributed by atoms with van der Waals surface area (Å²) in [5.74, 6) is 1.46. The molecule has 1 aromatic rings. The fourth-order valence-electron chi connectivity index (χ4n) is 3.75. The summed E-state index contributed by atoms with van der Waals surface area (Å²) in [5, 5.41) is 2.88. The van der Waals surface area contributed by atoms with Crippen LogP contribution in [0.3, 0.4) is 0 Å². The van der Waals surface area contributed by atoms with Crippen LogP contribution in [0.5, 0.6) is 11.5 Å². The van der Waals surface area contributed by atoms with Crippen molar-refractivity contribution in [2.75, 3.05) is 32.6 Å². The molecule has 1 saturated heterocycles. The zero-order valence-corrected chi connectivity index (χ0v) is 15.4. The van der Waals surface area contributed by atoms with Gasteiger partial charge < -0.3 is 25.4 Å². The summed E-state index contributed by atoms with van der Waals surface area (Å²) in [5.41, 5.74) is 5.68. The van der Waals surface area contributed by atoms with Gasteiger partial charge in [0.25, 0.3) is 0 Å². The van der Waals surface area contributed by atoms with Crippen LogP contribution in [0.15, 0.2) is 18.2 Å². The number of carbonyl (C=O) groups excluding carboxylic acids is 2. The van der Waals surface area contributed by atoms with Gasteiger partial charge in [-0.15, -0.1) is 0 Å². The average Bonchev–Trinajstić information content (AvgIpc) is 3.45. The van der Waals surface area contributed by atoms with Gasteiger partial charge in [-0.05, 0) is 37.3 Å². The molecule has 7 nitrogen and oxygen atoms in total. The first-order valence-corrected chi connectivity index (χ1v) is 9.05. The molecule has 0 aromatic heterocycles. The number of carbonyl (C=O) groups is 2. The Hall–Kier alpha value is -2.44. The van der Waals surface area contributed by atoms with Crippen molar-refractivity contribution in [2.24, 2.45) is 17.1 Å². The van der Waals surface area contributed by atoms with E-state index in [1.165, 1.54) is 0 Å². The second-order valence-electron chi connectivity index (χ2n) is 7.31. The van der Waals surface area contributed by atoms with Gasteiger partial charge in [0.1, 0.15) is 11.5 Å². The van der Waals surface area contributed by atoms with E-state index < -0.39 is 5.41 Å². The molecule has 1 saturated carbocycles. The predicted molar refractivity (Wildman–Crippen MR) is 98.3 cm³/mol. The van der Waals surface area contributed by atoms with E-state index in [0.29, 0.717) is 36.2 Å². The minimum atomic E-state index is -0.602. The molecule has 3 rings (SSSR count). The standard InChI is InChI=1S/C19H27N3O4/c1-25-14-6-7-16(26-2)15(10-14)21-18(24)22-9-3-8-19(12-22,17(20)23)11-13-4-5-13/h6-7,10,13H,3-5,8-9,11-12H2,1-2H3,(H2,20,23)(H,21,24). The van der Waals surface area contributed by atoms with E-state index in [0.717, 1.165) is 32.1 Å². The number of piperidine rings is 1. The SMILES string of the molecule is COc1ccc(OC)c(NC(=O)N2CCCC(CC3CC3)(C(N)=O)C2)c1. The molecule has 142 valence electrons. The third-order valence-electron chi connectivity index (χ3n) is 5.41. The maximum atomic E-state index is 12.8. The molecule has 0 spiro atoms. The van der Waals surface area contributed by atoms with Gasteiger partial charge in [0.05, 0.1) is 25.3 Å². The van der Waals surface area contributed by atoms with Crippen LogP contribution in [0.4, 0.5) is 10.5 Å². The number of nitrogens with one attached hydrogen (secondary N) is 1. The molecule has 1 unspecified atom stereocenters. The van der Waals surface area contributed by atoms with Crippen LogP contribution in [0, 0.1) is 11.3 Å². The van der Waals surface area contributed by atoms with Crippen molar-refractivity contribution in [1.82, 2.24) is 4.90 Å². The predicted octanol–water partition coefficient (Wildman–Crippen LogP) is 2.60. The quantitative estimate of drug-likeness (QED) is 0.814. The number of nitrogens with two attached hydrogens (primary N) is 1. The number of likely N-dealkylation sites (tertiary alicyclic amines) is 1. The van der Waals surface area contributed by atoms with Gasteiger partial charge in [-0.3, -0.25) is 4.79 Å². The Balaban J connectivity index is 1.74. The van der Waals surface area contributed by atoms with Gasteiger partial charge in [-0.2, -0.15) is 0 Å². The van der Waals surface area contributed by atoms with Gasteiger partial charge >= 0.3 is 6.03 Å². The lowest BCUT2D eigenvalue weighted by Gasteiger charge is -2.41. The Morgan fingerprint density at radius 1 is 1.31 bits per heavy atom. The number of hydrogen-bond acceptors (Lipinski definition) is 4. The summed E-state index contributed by atoms with van der Waals surface area (Å²) < 4.78 is 10.5. The second kappa shape index (κ2) is 7.43. The molecule has 1 aliphatic heterocycles. The molecule has 2 aliphatic rings. The Morgan fingerprint density at radius 2 is 2.08 bits per heavy atom. The molecule has 1 heterocycles. The van der Waals surface area contributed by atoms with Crippen molar-refractivity contribution in [3.8, 4) is 11.5 Å². The highest BCUT2D eigenvalue weighted by molar-refractivity contribution is 5.92. The van der Waals surface area contributed by atoms with Crippen LogP contribution in [0.1, 0.15) is 32.1 Å². The Bertz CT molecular complexity index is 689. The van der Waals surface area contributed by atoms with Crippen LogP contribution >= 0.6 is 0 Å². The molecule has 26 heavy (non-hydrogen) atoms. The number of rotatable bonds is 6. The van der Waals surface area contributed by atoms with E-state index in [9.17, 15) is 9.59 Å². The smallest absolute Gasteiger partial charge is 0.321 e. The van der Waals surface area contributed by atoms with Crippen molar-refractivity contribution in [3.63, 3.8) is 0 Å². The number of methoxy groups -OCH3 is 2. The minimum absolute atomic E-state index is 0.252. The summed E-state index contributed by atoms with van der Waals surface area (Å²) in [4.78, 5) is 26.7. The molecule has 1 aliphatic carbocycles. The van der Waals surface area contributed by atoms with Crippen molar-refractivity contribution < 1.29 is 19.1 Å². The minimum Gasteiger partial charge on any atom is -0.497 e. The first-order valence-electron chi connectivity index (χ1n) is 9.05. The molecule has 2 fully saturated rings. The zero-order chi connectivity index (χ0) is 18.7. The topological polar surface area (TPSA) is 93.9 Å². The molecule has 0 bridgehead atoms. The van der Waals surface area contributed by atoms with E-state index >= 15 is 0 Å². The second-order valence-corrected chi connectivity index (χ2v) is 7.31. The van der Waals surface area contributed by atoms with E-state index in [1.807, 2.05) is 0 Å². The summed E-state index contributed by atoms with van der Waals surface area (Å²) >= 11 is 0. The van der Waals surface area contributed by atoms with Gasteiger partial charge in [0, 0.05) is 19.2 Å². The molecule has 1 aromatic carbocycles. The Labute approximate surface area is 153 Å². The molecule has 7 heteroatoms. The highest BCUT2D eigenvalue weighted by Gasteiger charge is 2.45. The number of anilines is 1. The first kappa shape index (κ1) is 18.4. The van der Waals surface area contributed by atoms with Gasteiger partial charge in [-0.25, -0.2) is 4.79 Å². The number of ether oxygens (including phenoxy) is 2. The van der Waals surface area contributed by atoms with Gasteiger partial charge in [0.2, 0.25) is 5.91 Å². The van der Waals surface area contributed by atoms with Crippen LogP contribution in [-0.2, 0) is 4.79 Å². The zero-order valence-electron chi connectivity index (χ0n) is 15.4. The van der Waals surface area contributed by atoms with Crippen LogP contribution < -0.4 is 20.5 Å². The first-order chi connectivity index (χ1) is 12.5.